The number of anilines is 1. The normalized spacial score (nSPS) is 11.7. The van der Waals surface area contributed by atoms with E-state index in [1.807, 2.05) is 30.3 Å². The smallest absolute Gasteiger partial charge is 0.357 e. The highest BCUT2D eigenvalue weighted by atomic mass is 16.5. The second kappa shape index (κ2) is 8.73. The third kappa shape index (κ3) is 4.20. The number of hydrogen-bond donors (Lipinski definition) is 2. The standard InChI is InChI=1S/C24H19N3O5/c1-15(27-23(29)20-10-6-5-9-19(20)21(26-27)24(30)31)22(28)25-16-11-13-18(14-12-16)32-17-7-3-2-4-8-17/h2-15H,1H3,(H,25,28)(H,30,31). The molecule has 0 saturated carbocycles. The second-order valence-corrected chi connectivity index (χ2v) is 7.05. The Bertz CT molecular complexity index is 1350. The van der Waals surface area contributed by atoms with E-state index in [4.69, 9.17) is 4.74 Å². The molecule has 0 aliphatic heterocycles. The summed E-state index contributed by atoms with van der Waals surface area (Å²) in [5, 5.41) is 16.6. The number of aromatic nitrogens is 2. The van der Waals surface area contributed by atoms with E-state index in [1.165, 1.54) is 19.1 Å². The van der Waals surface area contributed by atoms with E-state index in [-0.39, 0.29) is 16.5 Å². The maximum absolute atomic E-state index is 12.8. The van der Waals surface area contributed by atoms with E-state index in [9.17, 15) is 19.5 Å². The lowest BCUT2D eigenvalue weighted by molar-refractivity contribution is -0.119. The van der Waals surface area contributed by atoms with Crippen LogP contribution in [0.5, 0.6) is 11.5 Å². The van der Waals surface area contributed by atoms with Crippen LogP contribution >= 0.6 is 0 Å². The average molecular weight is 429 g/mol. The van der Waals surface area contributed by atoms with Gasteiger partial charge in [-0.1, -0.05) is 36.4 Å². The molecule has 1 amide bonds. The van der Waals surface area contributed by atoms with Crippen LogP contribution in [0.4, 0.5) is 5.69 Å². The SMILES string of the molecule is CC(C(=O)Nc1ccc(Oc2ccccc2)cc1)n1nc(C(=O)O)c2ccccc2c1=O. The Morgan fingerprint density at radius 1 is 0.906 bits per heavy atom. The van der Waals surface area contributed by atoms with Gasteiger partial charge in [0.25, 0.3) is 5.56 Å². The van der Waals surface area contributed by atoms with Crippen molar-refractivity contribution in [3.63, 3.8) is 0 Å². The van der Waals surface area contributed by atoms with Gasteiger partial charge in [-0.05, 0) is 49.4 Å². The number of amides is 1. The summed E-state index contributed by atoms with van der Waals surface area (Å²) in [6.45, 7) is 1.48. The number of fused-ring (bicyclic) bond motifs is 1. The third-order valence-corrected chi connectivity index (χ3v) is 4.88. The van der Waals surface area contributed by atoms with Crippen molar-refractivity contribution in [1.29, 1.82) is 0 Å². The van der Waals surface area contributed by atoms with E-state index in [1.54, 1.807) is 36.4 Å². The molecule has 0 radical (unpaired) electrons. The molecule has 0 fully saturated rings. The number of carbonyl (C=O) groups is 2. The summed E-state index contributed by atoms with van der Waals surface area (Å²) in [6, 6.07) is 21.3. The van der Waals surface area contributed by atoms with Gasteiger partial charge in [0.05, 0.1) is 5.39 Å². The van der Waals surface area contributed by atoms with Crippen LogP contribution in [0.3, 0.4) is 0 Å². The van der Waals surface area contributed by atoms with Crippen LogP contribution in [-0.4, -0.2) is 26.8 Å². The van der Waals surface area contributed by atoms with Crippen LogP contribution in [0.2, 0.25) is 0 Å². The van der Waals surface area contributed by atoms with Gasteiger partial charge < -0.3 is 15.2 Å². The van der Waals surface area contributed by atoms with E-state index in [2.05, 4.69) is 10.4 Å². The van der Waals surface area contributed by atoms with Crippen molar-refractivity contribution in [2.75, 3.05) is 5.32 Å². The summed E-state index contributed by atoms with van der Waals surface area (Å²) < 4.78 is 6.62. The quantitative estimate of drug-likeness (QED) is 0.478. The summed E-state index contributed by atoms with van der Waals surface area (Å²) in [7, 11) is 0. The molecule has 8 heteroatoms. The molecule has 8 nitrogen and oxygen atoms in total. The minimum absolute atomic E-state index is 0.182. The van der Waals surface area contributed by atoms with Gasteiger partial charge in [0.1, 0.15) is 17.5 Å². The molecule has 0 spiro atoms. The Morgan fingerprint density at radius 2 is 1.50 bits per heavy atom. The molecule has 1 atom stereocenters. The Balaban J connectivity index is 1.55. The number of aromatic carboxylic acids is 1. The first-order valence-electron chi connectivity index (χ1n) is 9.83. The number of benzene rings is 3. The zero-order valence-corrected chi connectivity index (χ0v) is 17.1. The lowest BCUT2D eigenvalue weighted by Crippen LogP contribution is -2.34. The topological polar surface area (TPSA) is 111 Å². The van der Waals surface area contributed by atoms with Gasteiger partial charge >= 0.3 is 5.97 Å². The molecule has 0 aliphatic rings. The van der Waals surface area contributed by atoms with Gasteiger partial charge in [0.2, 0.25) is 5.91 Å². The van der Waals surface area contributed by atoms with Crippen LogP contribution in [0.25, 0.3) is 10.8 Å². The molecule has 1 heterocycles. The van der Waals surface area contributed by atoms with E-state index >= 15 is 0 Å². The molecule has 1 unspecified atom stereocenters. The first-order valence-corrected chi connectivity index (χ1v) is 9.83. The number of rotatable bonds is 6. The van der Waals surface area contributed by atoms with E-state index < -0.39 is 23.5 Å². The fraction of sp³-hybridized carbons (Fsp3) is 0.0833. The second-order valence-electron chi connectivity index (χ2n) is 7.05. The molecule has 1 aromatic heterocycles. The monoisotopic (exact) mass is 429 g/mol. The first-order chi connectivity index (χ1) is 15.4. The summed E-state index contributed by atoms with van der Waals surface area (Å²) in [4.78, 5) is 37.2. The molecule has 4 aromatic rings. The lowest BCUT2D eigenvalue weighted by atomic mass is 10.1. The highest BCUT2D eigenvalue weighted by Gasteiger charge is 2.22. The molecule has 3 aromatic carbocycles. The molecule has 2 N–H and O–H groups in total. The molecular formula is C24H19N3O5. The van der Waals surface area contributed by atoms with Gasteiger partial charge in [0.15, 0.2) is 5.69 Å². The molecule has 0 bridgehead atoms. The summed E-state index contributed by atoms with van der Waals surface area (Å²) in [5.41, 5.74) is -0.336. The number of hydrogen-bond acceptors (Lipinski definition) is 5. The van der Waals surface area contributed by atoms with Crippen molar-refractivity contribution >= 4 is 28.3 Å². The number of carboxylic acids is 1. The molecular weight excluding hydrogens is 410 g/mol. The van der Waals surface area contributed by atoms with Crippen LogP contribution in [0.15, 0.2) is 83.7 Å². The number of ether oxygens (including phenoxy) is 1. The van der Waals surface area contributed by atoms with E-state index in [0.717, 1.165) is 4.68 Å². The predicted octanol–water partition coefficient (Wildman–Crippen LogP) is 4.09. The van der Waals surface area contributed by atoms with Crippen LogP contribution in [0, 0.1) is 0 Å². The Hall–Kier alpha value is -4.46. The number of carbonyl (C=O) groups excluding carboxylic acids is 1. The maximum atomic E-state index is 12.8. The van der Waals surface area contributed by atoms with Crippen molar-refractivity contribution in [3.8, 4) is 11.5 Å². The van der Waals surface area contributed by atoms with Crippen molar-refractivity contribution in [1.82, 2.24) is 9.78 Å². The summed E-state index contributed by atoms with van der Waals surface area (Å²) >= 11 is 0. The fourth-order valence-corrected chi connectivity index (χ4v) is 3.22. The summed E-state index contributed by atoms with van der Waals surface area (Å²) in [5.74, 6) is -0.505. The highest BCUT2D eigenvalue weighted by Crippen LogP contribution is 2.23. The van der Waals surface area contributed by atoms with E-state index in [0.29, 0.717) is 17.2 Å². The van der Waals surface area contributed by atoms with Crippen LogP contribution < -0.4 is 15.6 Å². The number of nitrogens with zero attached hydrogens (tertiary/aromatic N) is 2. The Kier molecular flexibility index (Phi) is 5.67. The molecule has 160 valence electrons. The summed E-state index contributed by atoms with van der Waals surface area (Å²) in [6.07, 6.45) is 0. The first kappa shape index (κ1) is 20.8. The van der Waals surface area contributed by atoms with Crippen LogP contribution in [-0.2, 0) is 4.79 Å². The highest BCUT2D eigenvalue weighted by molar-refractivity contribution is 6.01. The van der Waals surface area contributed by atoms with Gasteiger partial charge in [-0.15, -0.1) is 0 Å². The van der Waals surface area contributed by atoms with Crippen LogP contribution in [0.1, 0.15) is 23.5 Å². The number of carboxylic acid groups (broad SMARTS) is 1. The Labute approximate surface area is 182 Å². The zero-order valence-electron chi connectivity index (χ0n) is 17.1. The minimum atomic E-state index is -1.28. The van der Waals surface area contributed by atoms with Gasteiger partial charge in [-0.3, -0.25) is 9.59 Å². The van der Waals surface area contributed by atoms with Gasteiger partial charge in [-0.2, -0.15) is 5.10 Å². The van der Waals surface area contributed by atoms with Crippen molar-refractivity contribution in [2.45, 2.75) is 13.0 Å². The molecule has 4 rings (SSSR count). The average Bonchev–Trinajstić information content (AvgIpc) is 2.81. The molecule has 0 saturated heterocycles. The molecule has 32 heavy (non-hydrogen) atoms. The number of nitrogens with one attached hydrogen (secondary N) is 1. The van der Waals surface area contributed by atoms with Gasteiger partial charge in [-0.25, -0.2) is 9.48 Å². The Morgan fingerprint density at radius 3 is 2.16 bits per heavy atom. The van der Waals surface area contributed by atoms with Crippen molar-refractivity contribution in [3.05, 3.63) is 94.9 Å². The zero-order chi connectivity index (χ0) is 22.7. The van der Waals surface area contributed by atoms with Crippen molar-refractivity contribution < 1.29 is 19.4 Å². The maximum Gasteiger partial charge on any atom is 0.357 e. The predicted molar refractivity (Wildman–Crippen MR) is 119 cm³/mol. The van der Waals surface area contributed by atoms with Crippen molar-refractivity contribution in [2.24, 2.45) is 0 Å². The molecule has 0 aliphatic carbocycles. The third-order valence-electron chi connectivity index (χ3n) is 4.88. The lowest BCUT2D eigenvalue weighted by Gasteiger charge is -2.16. The number of para-hydroxylation sites is 1. The minimum Gasteiger partial charge on any atom is -0.476 e. The fourth-order valence-electron chi connectivity index (χ4n) is 3.22. The van der Waals surface area contributed by atoms with Gasteiger partial charge in [0, 0.05) is 11.1 Å². The largest absolute Gasteiger partial charge is 0.476 e.